The monoisotopic (exact) mass is 214 g/mol. The number of hydrogen-bond donors (Lipinski definition) is 3. The van der Waals surface area contributed by atoms with Gasteiger partial charge in [0.15, 0.2) is 0 Å². The highest BCUT2D eigenvalue weighted by Gasteiger charge is 2.23. The molecule has 3 N–H and O–H groups in total. The van der Waals surface area contributed by atoms with Gasteiger partial charge in [-0.2, -0.15) is 0 Å². The fourth-order valence-electron chi connectivity index (χ4n) is 1.21. The van der Waals surface area contributed by atoms with Crippen molar-refractivity contribution in [3.8, 4) is 0 Å². The van der Waals surface area contributed by atoms with Gasteiger partial charge in [0.1, 0.15) is 0 Å². The van der Waals surface area contributed by atoms with E-state index in [-0.39, 0.29) is 5.91 Å². The highest BCUT2D eigenvalue weighted by Crippen LogP contribution is 2.18. The van der Waals surface area contributed by atoms with E-state index >= 15 is 0 Å². The van der Waals surface area contributed by atoms with Crippen LogP contribution in [0, 0.1) is 0 Å². The summed E-state index contributed by atoms with van der Waals surface area (Å²) in [4.78, 5) is 11.3. The van der Waals surface area contributed by atoms with Crippen molar-refractivity contribution in [2.75, 3.05) is 13.1 Å². The van der Waals surface area contributed by atoms with Crippen LogP contribution >= 0.6 is 0 Å². The largest absolute Gasteiger partial charge is 0.389 e. The second kappa shape index (κ2) is 5.47. The van der Waals surface area contributed by atoms with Crippen molar-refractivity contribution in [1.82, 2.24) is 10.6 Å². The van der Waals surface area contributed by atoms with E-state index in [1.54, 1.807) is 6.92 Å². The summed E-state index contributed by atoms with van der Waals surface area (Å²) in [5.74, 6) is 0.112. The van der Waals surface area contributed by atoms with Crippen molar-refractivity contribution in [3.63, 3.8) is 0 Å². The Morgan fingerprint density at radius 2 is 2.20 bits per heavy atom. The van der Waals surface area contributed by atoms with Crippen molar-refractivity contribution in [2.24, 2.45) is 0 Å². The Hall–Kier alpha value is -0.610. The van der Waals surface area contributed by atoms with Crippen LogP contribution in [0.4, 0.5) is 0 Å². The lowest BCUT2D eigenvalue weighted by molar-refractivity contribution is -0.121. The van der Waals surface area contributed by atoms with Crippen LogP contribution < -0.4 is 10.6 Å². The molecule has 4 heteroatoms. The van der Waals surface area contributed by atoms with Gasteiger partial charge in [0.2, 0.25) is 5.91 Å². The standard InChI is InChI=1S/C11H22N2O2/c1-3-11(2,15)8-12-7-6-10(14)13-9-4-5-9/h9,12,15H,3-8H2,1-2H3,(H,13,14). The third kappa shape index (κ3) is 5.74. The smallest absolute Gasteiger partial charge is 0.221 e. The maximum Gasteiger partial charge on any atom is 0.221 e. The Morgan fingerprint density at radius 1 is 1.53 bits per heavy atom. The predicted molar refractivity (Wildman–Crippen MR) is 59.6 cm³/mol. The molecule has 0 aromatic carbocycles. The molecule has 0 aliphatic heterocycles. The van der Waals surface area contributed by atoms with Gasteiger partial charge in [-0.3, -0.25) is 4.79 Å². The molecular formula is C11H22N2O2. The summed E-state index contributed by atoms with van der Waals surface area (Å²) in [6.45, 7) is 4.92. The second-order valence-corrected chi connectivity index (χ2v) is 4.62. The van der Waals surface area contributed by atoms with E-state index in [2.05, 4.69) is 10.6 Å². The molecule has 1 aliphatic rings. The average molecular weight is 214 g/mol. The van der Waals surface area contributed by atoms with Gasteiger partial charge in [-0.1, -0.05) is 6.92 Å². The fourth-order valence-corrected chi connectivity index (χ4v) is 1.21. The molecule has 88 valence electrons. The van der Waals surface area contributed by atoms with Gasteiger partial charge in [-0.25, -0.2) is 0 Å². The summed E-state index contributed by atoms with van der Waals surface area (Å²) in [5, 5.41) is 15.7. The van der Waals surface area contributed by atoms with E-state index in [9.17, 15) is 9.90 Å². The number of carbonyl (C=O) groups is 1. The molecule has 0 heterocycles. The Balaban J connectivity index is 1.98. The summed E-state index contributed by atoms with van der Waals surface area (Å²) >= 11 is 0. The molecule has 0 spiro atoms. The number of amides is 1. The highest BCUT2D eigenvalue weighted by molar-refractivity contribution is 5.76. The van der Waals surface area contributed by atoms with Crippen molar-refractivity contribution in [2.45, 2.75) is 51.2 Å². The molecule has 1 atom stereocenters. The Bertz CT molecular complexity index is 213. The van der Waals surface area contributed by atoms with Gasteiger partial charge in [-0.05, 0) is 26.2 Å². The lowest BCUT2D eigenvalue weighted by Crippen LogP contribution is -2.38. The van der Waals surface area contributed by atoms with Gasteiger partial charge in [0, 0.05) is 25.6 Å². The summed E-state index contributed by atoms with van der Waals surface area (Å²) in [6.07, 6.45) is 3.47. The van der Waals surface area contributed by atoms with Gasteiger partial charge in [0.25, 0.3) is 0 Å². The van der Waals surface area contributed by atoms with Crippen LogP contribution in [0.5, 0.6) is 0 Å². The zero-order valence-corrected chi connectivity index (χ0v) is 9.68. The predicted octanol–water partition coefficient (Wildman–Crippen LogP) is 0.406. The first-order valence-corrected chi connectivity index (χ1v) is 5.76. The molecule has 15 heavy (non-hydrogen) atoms. The SMILES string of the molecule is CCC(C)(O)CNCCC(=O)NC1CC1. The number of nitrogens with one attached hydrogen (secondary N) is 2. The van der Waals surface area contributed by atoms with Crippen molar-refractivity contribution in [1.29, 1.82) is 0 Å². The van der Waals surface area contributed by atoms with E-state index in [4.69, 9.17) is 0 Å². The molecule has 0 radical (unpaired) electrons. The Labute approximate surface area is 91.4 Å². The van der Waals surface area contributed by atoms with Crippen LogP contribution in [-0.2, 0) is 4.79 Å². The minimum atomic E-state index is -0.660. The van der Waals surface area contributed by atoms with Crippen molar-refractivity contribution in [3.05, 3.63) is 0 Å². The molecule has 1 aliphatic carbocycles. The quantitative estimate of drug-likeness (QED) is 0.538. The maximum atomic E-state index is 11.3. The second-order valence-electron chi connectivity index (χ2n) is 4.62. The van der Waals surface area contributed by atoms with E-state index in [1.165, 1.54) is 0 Å². The van der Waals surface area contributed by atoms with E-state index in [0.717, 1.165) is 12.8 Å². The molecule has 0 aromatic heterocycles. The summed E-state index contributed by atoms with van der Waals surface area (Å²) in [6, 6.07) is 0.441. The van der Waals surface area contributed by atoms with E-state index in [1.807, 2.05) is 6.92 Å². The van der Waals surface area contributed by atoms with Crippen molar-refractivity contribution < 1.29 is 9.90 Å². The third-order valence-corrected chi connectivity index (χ3v) is 2.74. The molecule has 4 nitrogen and oxygen atoms in total. The zero-order chi connectivity index (χ0) is 11.3. The van der Waals surface area contributed by atoms with Crippen LogP contribution in [0.3, 0.4) is 0 Å². The fraction of sp³-hybridized carbons (Fsp3) is 0.909. The Morgan fingerprint density at radius 3 is 2.73 bits per heavy atom. The molecule has 0 bridgehead atoms. The molecule has 1 saturated carbocycles. The molecule has 1 unspecified atom stereocenters. The molecule has 1 amide bonds. The van der Waals surface area contributed by atoms with E-state index < -0.39 is 5.60 Å². The third-order valence-electron chi connectivity index (χ3n) is 2.74. The van der Waals surface area contributed by atoms with Crippen LogP contribution in [0.1, 0.15) is 39.5 Å². The summed E-state index contributed by atoms with van der Waals surface area (Å²) in [5.41, 5.74) is -0.660. The van der Waals surface area contributed by atoms with Gasteiger partial charge in [-0.15, -0.1) is 0 Å². The lowest BCUT2D eigenvalue weighted by atomic mass is 10.0. The maximum absolute atomic E-state index is 11.3. The van der Waals surface area contributed by atoms with Crippen LogP contribution in [0.15, 0.2) is 0 Å². The number of aliphatic hydroxyl groups is 1. The average Bonchev–Trinajstić information content (AvgIpc) is 2.96. The van der Waals surface area contributed by atoms with Crippen LogP contribution in [0.25, 0.3) is 0 Å². The molecule has 0 saturated heterocycles. The molecule has 1 fully saturated rings. The van der Waals surface area contributed by atoms with Gasteiger partial charge >= 0.3 is 0 Å². The first-order valence-electron chi connectivity index (χ1n) is 5.76. The molecule has 0 aromatic rings. The lowest BCUT2D eigenvalue weighted by Gasteiger charge is -2.21. The van der Waals surface area contributed by atoms with Crippen LogP contribution in [-0.4, -0.2) is 35.7 Å². The highest BCUT2D eigenvalue weighted by atomic mass is 16.3. The van der Waals surface area contributed by atoms with Gasteiger partial charge < -0.3 is 15.7 Å². The zero-order valence-electron chi connectivity index (χ0n) is 9.68. The van der Waals surface area contributed by atoms with Gasteiger partial charge in [0.05, 0.1) is 5.60 Å². The minimum Gasteiger partial charge on any atom is -0.389 e. The number of carbonyl (C=O) groups excluding carboxylic acids is 1. The number of rotatable bonds is 7. The normalized spacial score (nSPS) is 19.7. The summed E-state index contributed by atoms with van der Waals surface area (Å²) in [7, 11) is 0. The molecule has 1 rings (SSSR count). The molecular weight excluding hydrogens is 192 g/mol. The van der Waals surface area contributed by atoms with Crippen molar-refractivity contribution >= 4 is 5.91 Å². The summed E-state index contributed by atoms with van der Waals surface area (Å²) < 4.78 is 0. The first-order chi connectivity index (χ1) is 7.03. The first kappa shape index (κ1) is 12.5. The van der Waals surface area contributed by atoms with Crippen LogP contribution in [0.2, 0.25) is 0 Å². The number of hydrogen-bond acceptors (Lipinski definition) is 3. The topological polar surface area (TPSA) is 61.4 Å². The van der Waals surface area contributed by atoms with E-state index in [0.29, 0.717) is 32.0 Å². The Kier molecular flexibility index (Phi) is 4.54. The minimum absolute atomic E-state index is 0.112.